The van der Waals surface area contributed by atoms with Crippen LogP contribution in [0.5, 0.6) is 5.88 Å². The predicted molar refractivity (Wildman–Crippen MR) is 143 cm³/mol. The number of alkyl halides is 3. The number of pyridine rings is 1. The van der Waals surface area contributed by atoms with Crippen molar-refractivity contribution in [1.29, 1.82) is 0 Å². The number of aryl methyl sites for hydroxylation is 1. The van der Waals surface area contributed by atoms with Crippen LogP contribution in [0.1, 0.15) is 58.9 Å². The number of amides is 2. The van der Waals surface area contributed by atoms with Crippen LogP contribution < -0.4 is 10.1 Å². The number of carbonyl (C=O) groups excluding carboxylic acids is 3. The Morgan fingerprint density at radius 2 is 1.90 bits per heavy atom. The van der Waals surface area contributed by atoms with Gasteiger partial charge in [0.15, 0.2) is 6.04 Å². The summed E-state index contributed by atoms with van der Waals surface area (Å²) in [5, 5.41) is 3.72. The van der Waals surface area contributed by atoms with Gasteiger partial charge in [-0.2, -0.15) is 13.2 Å². The van der Waals surface area contributed by atoms with Crippen molar-refractivity contribution in [3.8, 4) is 5.88 Å². The second-order valence-corrected chi connectivity index (χ2v) is 11.5. The van der Waals surface area contributed by atoms with Crippen LogP contribution in [-0.2, 0) is 25.5 Å². The first kappa shape index (κ1) is 30.4. The molecule has 0 aliphatic carbocycles. The van der Waals surface area contributed by atoms with Gasteiger partial charge in [-0.05, 0) is 61.1 Å². The molecule has 224 valence electrons. The number of fused-ring (bicyclic) bond motifs is 3. The number of alkyl carbamates (subject to hydrolysis) is 1. The van der Waals surface area contributed by atoms with Crippen molar-refractivity contribution in [2.45, 2.75) is 90.2 Å². The molecule has 1 saturated heterocycles. The average molecular weight is 580 g/mol. The highest BCUT2D eigenvalue weighted by Crippen LogP contribution is 2.41. The average Bonchev–Trinajstić information content (AvgIpc) is 3.28. The van der Waals surface area contributed by atoms with Crippen molar-refractivity contribution in [3.05, 3.63) is 36.0 Å². The summed E-state index contributed by atoms with van der Waals surface area (Å²) in [6.45, 7) is 6.32. The number of halogens is 3. The van der Waals surface area contributed by atoms with E-state index < -0.39 is 60.2 Å². The number of nitrogens with one attached hydrogen (secondary N) is 1. The van der Waals surface area contributed by atoms with E-state index in [0.29, 0.717) is 23.1 Å². The monoisotopic (exact) mass is 579 g/mol. The van der Waals surface area contributed by atoms with Gasteiger partial charge in [-0.1, -0.05) is 32.9 Å². The molecule has 0 radical (unpaired) electrons. The van der Waals surface area contributed by atoms with Crippen LogP contribution in [-0.4, -0.2) is 71.5 Å². The highest BCUT2D eigenvalue weighted by Gasteiger charge is 2.61. The quantitative estimate of drug-likeness (QED) is 0.502. The molecule has 1 fully saturated rings. The second kappa shape index (κ2) is 12.1. The number of nitrogens with zero attached hydrogens (tertiary/aromatic N) is 2. The van der Waals surface area contributed by atoms with Gasteiger partial charge in [-0.15, -0.1) is 0 Å². The Hall–Kier alpha value is -3.57. The van der Waals surface area contributed by atoms with E-state index in [9.17, 15) is 27.6 Å². The van der Waals surface area contributed by atoms with Crippen LogP contribution in [0.4, 0.5) is 18.0 Å². The Morgan fingerprint density at radius 3 is 2.59 bits per heavy atom. The molecule has 2 aliphatic heterocycles. The maximum absolute atomic E-state index is 14.8. The van der Waals surface area contributed by atoms with Crippen molar-refractivity contribution < 1.29 is 41.8 Å². The fourth-order valence-corrected chi connectivity index (χ4v) is 5.37. The number of carbonyl (C=O) groups is 3. The molecular weight excluding hydrogens is 543 g/mol. The summed E-state index contributed by atoms with van der Waals surface area (Å²) in [7, 11) is 0. The Bertz CT molecular complexity index is 1280. The Balaban J connectivity index is 1.85. The highest BCUT2D eigenvalue weighted by molar-refractivity contribution is 5.91. The summed E-state index contributed by atoms with van der Waals surface area (Å²) in [6, 6.07) is 1.81. The zero-order chi connectivity index (χ0) is 29.9. The maximum atomic E-state index is 14.8. The number of rotatable bonds is 2. The van der Waals surface area contributed by atoms with E-state index in [0.717, 1.165) is 23.8 Å². The molecule has 9 nitrogen and oxygen atoms in total. The molecule has 1 aromatic heterocycles. The largest absolute Gasteiger partial charge is 0.471 e. The van der Waals surface area contributed by atoms with Crippen molar-refractivity contribution in [2.75, 3.05) is 13.2 Å². The van der Waals surface area contributed by atoms with Gasteiger partial charge in [-0.25, -0.2) is 14.6 Å². The molecule has 2 aliphatic rings. The maximum Gasteiger partial charge on any atom is 0.412 e. The molecule has 4 bridgehead atoms. The molecule has 4 atom stereocenters. The number of hydrogen-bond acceptors (Lipinski definition) is 7. The molecule has 1 N–H and O–H groups in total. The normalized spacial score (nSPS) is 24.7. The van der Waals surface area contributed by atoms with E-state index in [1.54, 1.807) is 26.8 Å². The molecule has 4 rings (SSSR count). The van der Waals surface area contributed by atoms with E-state index >= 15 is 0 Å². The molecule has 12 heteroatoms. The lowest BCUT2D eigenvalue weighted by atomic mass is 9.85. The minimum Gasteiger partial charge on any atom is -0.471 e. The third-order valence-corrected chi connectivity index (χ3v) is 7.37. The summed E-state index contributed by atoms with van der Waals surface area (Å²) in [6.07, 6.45) is -3.77. The predicted octanol–water partition coefficient (Wildman–Crippen LogP) is 4.94. The molecule has 2 amide bonds. The molecule has 1 aromatic carbocycles. The zero-order valence-corrected chi connectivity index (χ0v) is 23.6. The van der Waals surface area contributed by atoms with Gasteiger partial charge in [0.05, 0.1) is 13.2 Å². The lowest BCUT2D eigenvalue weighted by Gasteiger charge is -2.38. The van der Waals surface area contributed by atoms with E-state index in [-0.39, 0.29) is 19.1 Å². The van der Waals surface area contributed by atoms with Gasteiger partial charge in [0, 0.05) is 18.0 Å². The van der Waals surface area contributed by atoms with Crippen molar-refractivity contribution >= 4 is 28.7 Å². The molecule has 3 heterocycles. The summed E-state index contributed by atoms with van der Waals surface area (Å²) in [5.74, 6) is -2.10. The topological polar surface area (TPSA) is 107 Å². The molecule has 0 saturated carbocycles. The molecular formula is C29H36F3N3O6. The smallest absolute Gasteiger partial charge is 0.412 e. The van der Waals surface area contributed by atoms with Crippen molar-refractivity contribution in [3.63, 3.8) is 0 Å². The minimum absolute atomic E-state index is 0.0179. The fraction of sp³-hybridized carbons (Fsp3) is 0.586. The number of hydrogen-bond donors (Lipinski definition) is 1. The van der Waals surface area contributed by atoms with E-state index in [2.05, 4.69) is 10.3 Å². The van der Waals surface area contributed by atoms with Crippen LogP contribution in [0.25, 0.3) is 10.8 Å². The van der Waals surface area contributed by atoms with Crippen LogP contribution in [0.3, 0.4) is 0 Å². The first-order valence-corrected chi connectivity index (χ1v) is 13.8. The standard InChI is InChI=1S/C29H36F3N3O6/c1-5-39-26(37)20-16-21-23(29(30,31)32)35(20)25(36)22(28(2,3)4)34-27(38)40-14-8-6-7-9-17-10-11-18-12-13-33-24(41-21)19(18)15-17/h10-13,15,20-23H,5-9,14,16H2,1-4H3,(H,34,38)/t20-,21+,22+,23?/m0/s1. The van der Waals surface area contributed by atoms with Gasteiger partial charge < -0.3 is 24.4 Å². The first-order valence-electron chi connectivity index (χ1n) is 13.8. The first-order chi connectivity index (χ1) is 19.3. The van der Waals surface area contributed by atoms with E-state index in [1.807, 2.05) is 18.2 Å². The highest BCUT2D eigenvalue weighted by atomic mass is 19.4. The number of cyclic esters (lactones) is 1. The summed E-state index contributed by atoms with van der Waals surface area (Å²) >= 11 is 0. The van der Waals surface area contributed by atoms with Crippen LogP contribution in [0.15, 0.2) is 30.5 Å². The number of ether oxygens (including phenoxy) is 3. The van der Waals surface area contributed by atoms with Gasteiger partial charge in [0.25, 0.3) is 0 Å². The van der Waals surface area contributed by atoms with Gasteiger partial charge in [0.1, 0.15) is 18.2 Å². The SMILES string of the molecule is CCOC(=O)[C@@H]1C[C@H]2Oc3nccc4ccc(cc34)CCCCCOC(=O)N[C@@H](C(C)(C)C)C(=O)N1C2C(F)(F)F. The Morgan fingerprint density at radius 1 is 1.15 bits per heavy atom. The fourth-order valence-electron chi connectivity index (χ4n) is 5.37. The minimum atomic E-state index is -4.99. The molecule has 1 unspecified atom stereocenters. The molecule has 2 aromatic rings. The van der Waals surface area contributed by atoms with E-state index in [1.165, 1.54) is 13.1 Å². The van der Waals surface area contributed by atoms with Crippen LogP contribution >= 0.6 is 0 Å². The summed E-state index contributed by atoms with van der Waals surface area (Å²) in [5.41, 5.74) is -0.0816. The summed E-state index contributed by atoms with van der Waals surface area (Å²) in [4.78, 5) is 44.3. The number of benzene rings is 1. The molecule has 0 spiro atoms. The second-order valence-electron chi connectivity index (χ2n) is 11.5. The van der Waals surface area contributed by atoms with Gasteiger partial charge in [0.2, 0.25) is 11.8 Å². The van der Waals surface area contributed by atoms with Crippen molar-refractivity contribution in [1.82, 2.24) is 15.2 Å². The number of aromatic nitrogens is 1. The van der Waals surface area contributed by atoms with Gasteiger partial charge >= 0.3 is 18.2 Å². The Labute approximate surface area is 236 Å². The van der Waals surface area contributed by atoms with E-state index in [4.69, 9.17) is 14.2 Å². The Kier molecular flexibility index (Phi) is 8.98. The zero-order valence-electron chi connectivity index (χ0n) is 23.6. The third kappa shape index (κ3) is 6.84. The third-order valence-electron chi connectivity index (χ3n) is 7.37. The summed E-state index contributed by atoms with van der Waals surface area (Å²) < 4.78 is 60.8. The molecule has 41 heavy (non-hydrogen) atoms. The number of esters is 1. The van der Waals surface area contributed by atoms with Crippen molar-refractivity contribution in [2.24, 2.45) is 5.41 Å². The van der Waals surface area contributed by atoms with Gasteiger partial charge in [-0.3, -0.25) is 4.79 Å². The van der Waals surface area contributed by atoms with Crippen LogP contribution in [0.2, 0.25) is 0 Å². The lowest BCUT2D eigenvalue weighted by Crippen LogP contribution is -2.62. The van der Waals surface area contributed by atoms with Crippen LogP contribution in [0, 0.1) is 5.41 Å². The lowest BCUT2D eigenvalue weighted by molar-refractivity contribution is -0.200.